The lowest BCUT2D eigenvalue weighted by Crippen LogP contribution is -2.38. The van der Waals surface area contributed by atoms with E-state index in [9.17, 15) is 14.0 Å². The van der Waals surface area contributed by atoms with E-state index in [4.69, 9.17) is 0 Å². The van der Waals surface area contributed by atoms with Crippen LogP contribution in [0.15, 0.2) is 54.6 Å². The number of rotatable bonds is 6. The molecule has 0 aliphatic heterocycles. The van der Waals surface area contributed by atoms with Gasteiger partial charge in [0.2, 0.25) is 11.8 Å². The molecule has 0 aliphatic rings. The molecule has 0 bridgehead atoms. The fraction of sp³-hybridized carbons (Fsp3) is 0.222. The normalized spacial score (nSPS) is 11.6. The number of nitrogens with one attached hydrogen (secondary N) is 2. The van der Waals surface area contributed by atoms with Crippen LogP contribution < -0.4 is 10.6 Å². The van der Waals surface area contributed by atoms with Crippen molar-refractivity contribution in [3.05, 3.63) is 71.5 Å². The summed E-state index contributed by atoms with van der Waals surface area (Å²) in [5.74, 6) is -0.878. The van der Waals surface area contributed by atoms with Gasteiger partial charge < -0.3 is 10.6 Å². The van der Waals surface area contributed by atoms with Crippen LogP contribution in [0.4, 0.5) is 4.39 Å². The minimum atomic E-state index is -0.344. The molecule has 23 heavy (non-hydrogen) atoms. The predicted octanol–water partition coefficient (Wildman–Crippen LogP) is 2.36. The molecule has 120 valence electrons. The van der Waals surface area contributed by atoms with E-state index in [0.717, 1.165) is 5.56 Å². The monoisotopic (exact) mass is 314 g/mol. The number of hydrogen-bond donors (Lipinski definition) is 2. The van der Waals surface area contributed by atoms with Crippen molar-refractivity contribution in [1.82, 2.24) is 10.6 Å². The maximum Gasteiger partial charge on any atom is 0.239 e. The largest absolute Gasteiger partial charge is 0.348 e. The molecular formula is C18H19FN2O2. The van der Waals surface area contributed by atoms with Crippen LogP contribution in [0.3, 0.4) is 0 Å². The van der Waals surface area contributed by atoms with Gasteiger partial charge in [0.15, 0.2) is 0 Å². The van der Waals surface area contributed by atoms with Crippen LogP contribution in [-0.2, 0) is 16.0 Å². The Morgan fingerprint density at radius 1 is 1.00 bits per heavy atom. The van der Waals surface area contributed by atoms with Crippen LogP contribution >= 0.6 is 0 Å². The van der Waals surface area contributed by atoms with E-state index in [1.807, 2.05) is 37.3 Å². The Morgan fingerprint density at radius 3 is 2.30 bits per heavy atom. The smallest absolute Gasteiger partial charge is 0.239 e. The molecule has 2 aromatic carbocycles. The van der Waals surface area contributed by atoms with E-state index >= 15 is 0 Å². The summed E-state index contributed by atoms with van der Waals surface area (Å²) >= 11 is 0. The lowest BCUT2D eigenvalue weighted by Gasteiger charge is -2.14. The Bertz CT molecular complexity index is 656. The van der Waals surface area contributed by atoms with Crippen molar-refractivity contribution in [3.8, 4) is 0 Å². The molecular weight excluding hydrogens is 295 g/mol. The lowest BCUT2D eigenvalue weighted by atomic mass is 10.1. The molecule has 1 unspecified atom stereocenters. The lowest BCUT2D eigenvalue weighted by molar-refractivity contribution is -0.126. The van der Waals surface area contributed by atoms with E-state index in [1.165, 1.54) is 12.1 Å². The van der Waals surface area contributed by atoms with Gasteiger partial charge in [-0.05, 0) is 30.2 Å². The minimum Gasteiger partial charge on any atom is -0.348 e. The van der Waals surface area contributed by atoms with Crippen LogP contribution in [0, 0.1) is 5.82 Å². The third-order valence-corrected chi connectivity index (χ3v) is 3.40. The molecule has 0 heterocycles. The Morgan fingerprint density at radius 2 is 1.65 bits per heavy atom. The second-order valence-corrected chi connectivity index (χ2v) is 5.28. The Hall–Kier alpha value is -2.69. The first-order chi connectivity index (χ1) is 11.0. The third-order valence-electron chi connectivity index (χ3n) is 3.40. The molecule has 0 radical (unpaired) electrons. The van der Waals surface area contributed by atoms with Gasteiger partial charge in [-0.3, -0.25) is 9.59 Å². The molecule has 0 aromatic heterocycles. The van der Waals surface area contributed by atoms with E-state index in [0.29, 0.717) is 5.56 Å². The minimum absolute atomic E-state index is 0.0861. The van der Waals surface area contributed by atoms with Crippen molar-refractivity contribution in [2.24, 2.45) is 0 Å². The Kier molecular flexibility index (Phi) is 5.86. The van der Waals surface area contributed by atoms with Gasteiger partial charge in [0.25, 0.3) is 0 Å². The summed E-state index contributed by atoms with van der Waals surface area (Å²) < 4.78 is 12.8. The van der Waals surface area contributed by atoms with Gasteiger partial charge in [0.05, 0.1) is 19.0 Å². The van der Waals surface area contributed by atoms with Crippen LogP contribution in [0.1, 0.15) is 24.1 Å². The summed E-state index contributed by atoms with van der Waals surface area (Å²) in [7, 11) is 0. The van der Waals surface area contributed by atoms with Crippen molar-refractivity contribution in [1.29, 1.82) is 0 Å². The highest BCUT2D eigenvalue weighted by Gasteiger charge is 2.10. The molecule has 2 aromatic rings. The van der Waals surface area contributed by atoms with Crippen LogP contribution in [0.5, 0.6) is 0 Å². The topological polar surface area (TPSA) is 58.2 Å². The molecule has 5 heteroatoms. The molecule has 0 saturated carbocycles. The van der Waals surface area contributed by atoms with E-state index < -0.39 is 0 Å². The number of amides is 2. The zero-order valence-corrected chi connectivity index (χ0v) is 12.9. The molecule has 0 spiro atoms. The SMILES string of the molecule is CC(NC(=O)CNC(=O)Cc1ccc(F)cc1)c1ccccc1. The Balaban J connectivity index is 1.75. The first-order valence-corrected chi connectivity index (χ1v) is 7.40. The van der Waals surface area contributed by atoms with Crippen molar-refractivity contribution in [3.63, 3.8) is 0 Å². The highest BCUT2D eigenvalue weighted by Crippen LogP contribution is 2.10. The third kappa shape index (κ3) is 5.54. The average Bonchev–Trinajstić information content (AvgIpc) is 2.56. The van der Waals surface area contributed by atoms with Gasteiger partial charge in [-0.25, -0.2) is 4.39 Å². The number of hydrogen-bond acceptors (Lipinski definition) is 2. The van der Waals surface area contributed by atoms with Gasteiger partial charge in [-0.15, -0.1) is 0 Å². The first kappa shape index (κ1) is 16.7. The van der Waals surface area contributed by atoms with Gasteiger partial charge in [0.1, 0.15) is 5.82 Å². The van der Waals surface area contributed by atoms with Gasteiger partial charge in [0, 0.05) is 0 Å². The average molecular weight is 314 g/mol. The first-order valence-electron chi connectivity index (χ1n) is 7.40. The van der Waals surface area contributed by atoms with Crippen molar-refractivity contribution < 1.29 is 14.0 Å². The zero-order chi connectivity index (χ0) is 16.7. The number of benzene rings is 2. The summed E-state index contributed by atoms with van der Waals surface area (Å²) in [5.41, 5.74) is 1.69. The maximum atomic E-state index is 12.8. The van der Waals surface area contributed by atoms with Crippen molar-refractivity contribution >= 4 is 11.8 Å². The van der Waals surface area contributed by atoms with Crippen LogP contribution in [0.25, 0.3) is 0 Å². The fourth-order valence-corrected chi connectivity index (χ4v) is 2.15. The fourth-order valence-electron chi connectivity index (χ4n) is 2.15. The van der Waals surface area contributed by atoms with E-state index in [2.05, 4.69) is 10.6 Å². The number of carbonyl (C=O) groups is 2. The summed E-state index contributed by atoms with van der Waals surface area (Å²) in [6.07, 6.45) is 0.113. The Labute approximate surface area is 134 Å². The van der Waals surface area contributed by atoms with Gasteiger partial charge in [-0.2, -0.15) is 0 Å². The van der Waals surface area contributed by atoms with Crippen molar-refractivity contribution in [2.45, 2.75) is 19.4 Å². The van der Waals surface area contributed by atoms with Crippen molar-refractivity contribution in [2.75, 3.05) is 6.54 Å². The summed E-state index contributed by atoms with van der Waals surface area (Å²) in [6, 6.07) is 15.2. The highest BCUT2D eigenvalue weighted by molar-refractivity contribution is 5.85. The number of carbonyl (C=O) groups excluding carboxylic acids is 2. The quantitative estimate of drug-likeness (QED) is 0.860. The zero-order valence-electron chi connectivity index (χ0n) is 12.9. The molecule has 2 rings (SSSR count). The highest BCUT2D eigenvalue weighted by atomic mass is 19.1. The molecule has 0 fully saturated rings. The molecule has 1 atom stereocenters. The summed E-state index contributed by atoms with van der Waals surface area (Å²) in [4.78, 5) is 23.6. The molecule has 2 amide bonds. The second kappa shape index (κ2) is 8.08. The van der Waals surface area contributed by atoms with Gasteiger partial charge >= 0.3 is 0 Å². The summed E-state index contributed by atoms with van der Waals surface area (Å²) in [6.45, 7) is 1.80. The molecule has 0 aliphatic carbocycles. The maximum absolute atomic E-state index is 12.8. The molecule has 2 N–H and O–H groups in total. The summed E-state index contributed by atoms with van der Waals surface area (Å²) in [5, 5.41) is 5.38. The van der Waals surface area contributed by atoms with Crippen LogP contribution in [0.2, 0.25) is 0 Å². The number of halogens is 1. The standard InChI is InChI=1S/C18H19FN2O2/c1-13(15-5-3-2-4-6-15)21-18(23)12-20-17(22)11-14-7-9-16(19)10-8-14/h2-10,13H,11-12H2,1H3,(H,20,22)(H,21,23). The predicted molar refractivity (Wildman–Crippen MR) is 86.1 cm³/mol. The van der Waals surface area contributed by atoms with Gasteiger partial charge in [-0.1, -0.05) is 42.5 Å². The molecule has 4 nitrogen and oxygen atoms in total. The second-order valence-electron chi connectivity index (χ2n) is 5.28. The van der Waals surface area contributed by atoms with E-state index in [1.54, 1.807) is 12.1 Å². The van der Waals surface area contributed by atoms with E-state index in [-0.39, 0.29) is 36.6 Å². The molecule has 0 saturated heterocycles. The van der Waals surface area contributed by atoms with Crippen LogP contribution in [-0.4, -0.2) is 18.4 Å².